The highest BCUT2D eigenvalue weighted by Gasteiger charge is 2.14. The van der Waals surface area contributed by atoms with Gasteiger partial charge in [-0.1, -0.05) is 12.1 Å². The standard InChI is InChI=1S/C20H18FN3O3/c21-15-3-7-17(8-4-15)24-19(20(25)26)13-18(22-24)14-1-5-16(6-2-14)23-9-11-27-12-10-23/h1-8,13H,9-12H2,(H,25,26)/p-1. The van der Waals surface area contributed by atoms with Gasteiger partial charge in [-0.3, -0.25) is 0 Å². The number of aromatic carboxylic acids is 1. The Morgan fingerprint density at radius 1 is 1.00 bits per heavy atom. The number of morpholine rings is 1. The van der Waals surface area contributed by atoms with E-state index >= 15 is 0 Å². The highest BCUT2D eigenvalue weighted by Crippen LogP contribution is 2.25. The van der Waals surface area contributed by atoms with Crippen molar-refractivity contribution in [3.63, 3.8) is 0 Å². The Hall–Kier alpha value is -3.19. The second-order valence-corrected chi connectivity index (χ2v) is 6.24. The summed E-state index contributed by atoms with van der Waals surface area (Å²) in [5, 5.41) is 15.9. The van der Waals surface area contributed by atoms with Crippen LogP contribution in [-0.4, -0.2) is 42.1 Å². The van der Waals surface area contributed by atoms with Crippen LogP contribution in [0.3, 0.4) is 0 Å². The minimum atomic E-state index is -1.34. The molecule has 0 unspecified atom stereocenters. The zero-order chi connectivity index (χ0) is 18.8. The highest BCUT2D eigenvalue weighted by atomic mass is 19.1. The van der Waals surface area contributed by atoms with E-state index < -0.39 is 11.8 Å². The highest BCUT2D eigenvalue weighted by molar-refractivity contribution is 5.86. The Kier molecular flexibility index (Phi) is 4.60. The average molecular weight is 366 g/mol. The summed E-state index contributed by atoms with van der Waals surface area (Å²) in [6, 6.07) is 14.7. The fourth-order valence-electron chi connectivity index (χ4n) is 3.11. The van der Waals surface area contributed by atoms with Crippen LogP contribution in [0.5, 0.6) is 0 Å². The van der Waals surface area contributed by atoms with Crippen LogP contribution in [0.2, 0.25) is 0 Å². The van der Waals surface area contributed by atoms with Crippen molar-refractivity contribution < 1.29 is 19.0 Å². The van der Waals surface area contributed by atoms with Gasteiger partial charge >= 0.3 is 0 Å². The van der Waals surface area contributed by atoms with E-state index in [4.69, 9.17) is 4.74 Å². The number of benzene rings is 2. The molecule has 2 aromatic carbocycles. The maximum atomic E-state index is 13.2. The summed E-state index contributed by atoms with van der Waals surface area (Å²) in [4.78, 5) is 13.7. The molecule has 6 nitrogen and oxygen atoms in total. The number of halogens is 1. The van der Waals surface area contributed by atoms with Gasteiger partial charge in [0.05, 0.1) is 36.3 Å². The lowest BCUT2D eigenvalue weighted by Crippen LogP contribution is -2.36. The third kappa shape index (κ3) is 3.54. The van der Waals surface area contributed by atoms with Gasteiger partial charge in [0.25, 0.3) is 0 Å². The van der Waals surface area contributed by atoms with E-state index in [-0.39, 0.29) is 5.69 Å². The number of hydrogen-bond donors (Lipinski definition) is 0. The number of carboxylic acids is 1. The first-order valence-electron chi connectivity index (χ1n) is 8.62. The maximum absolute atomic E-state index is 13.2. The van der Waals surface area contributed by atoms with Gasteiger partial charge in [0, 0.05) is 24.3 Å². The lowest BCUT2D eigenvalue weighted by atomic mass is 10.1. The SMILES string of the molecule is O=C([O-])c1cc(-c2ccc(N3CCOCC3)cc2)nn1-c1ccc(F)cc1. The minimum absolute atomic E-state index is 0.0890. The largest absolute Gasteiger partial charge is 0.543 e. The molecule has 0 saturated carbocycles. The fraction of sp³-hybridized carbons (Fsp3) is 0.200. The van der Waals surface area contributed by atoms with Crippen molar-refractivity contribution in [3.05, 3.63) is 66.1 Å². The molecule has 0 N–H and O–H groups in total. The molecule has 1 aliphatic heterocycles. The maximum Gasteiger partial charge on any atom is 0.123 e. The minimum Gasteiger partial charge on any atom is -0.543 e. The van der Waals surface area contributed by atoms with Crippen molar-refractivity contribution in [3.8, 4) is 16.9 Å². The molecule has 1 aliphatic rings. The third-order valence-electron chi connectivity index (χ3n) is 4.53. The Morgan fingerprint density at radius 3 is 2.26 bits per heavy atom. The predicted octanol–water partition coefficient (Wildman–Crippen LogP) is 1.88. The van der Waals surface area contributed by atoms with E-state index in [0.717, 1.165) is 24.3 Å². The fourth-order valence-corrected chi connectivity index (χ4v) is 3.11. The smallest absolute Gasteiger partial charge is 0.123 e. The second kappa shape index (κ2) is 7.20. The molecule has 138 valence electrons. The molecule has 4 rings (SSSR count). The molecule has 27 heavy (non-hydrogen) atoms. The van der Waals surface area contributed by atoms with Gasteiger partial charge < -0.3 is 19.5 Å². The van der Waals surface area contributed by atoms with Crippen molar-refractivity contribution in [2.45, 2.75) is 0 Å². The van der Waals surface area contributed by atoms with Crippen LogP contribution in [0.25, 0.3) is 16.9 Å². The summed E-state index contributed by atoms with van der Waals surface area (Å²) in [7, 11) is 0. The van der Waals surface area contributed by atoms with E-state index in [1.165, 1.54) is 35.0 Å². The first-order valence-corrected chi connectivity index (χ1v) is 8.62. The number of rotatable bonds is 4. The van der Waals surface area contributed by atoms with Gasteiger partial charge in [-0.25, -0.2) is 9.07 Å². The number of nitrogens with zero attached hydrogens (tertiary/aromatic N) is 3. The predicted molar refractivity (Wildman–Crippen MR) is 96.3 cm³/mol. The van der Waals surface area contributed by atoms with Crippen molar-refractivity contribution >= 4 is 11.7 Å². The summed E-state index contributed by atoms with van der Waals surface area (Å²) < 4.78 is 19.8. The topological polar surface area (TPSA) is 70.4 Å². The summed E-state index contributed by atoms with van der Waals surface area (Å²) >= 11 is 0. The van der Waals surface area contributed by atoms with Gasteiger partial charge in [0.2, 0.25) is 0 Å². The molecule has 0 radical (unpaired) electrons. The number of hydrogen-bond acceptors (Lipinski definition) is 5. The second-order valence-electron chi connectivity index (χ2n) is 6.24. The van der Waals surface area contributed by atoms with E-state index in [1.807, 2.05) is 24.3 Å². The van der Waals surface area contributed by atoms with Crippen LogP contribution in [0.1, 0.15) is 10.5 Å². The van der Waals surface area contributed by atoms with E-state index in [9.17, 15) is 14.3 Å². The van der Waals surface area contributed by atoms with Crippen molar-refractivity contribution in [2.24, 2.45) is 0 Å². The van der Waals surface area contributed by atoms with Gasteiger partial charge in [-0.05, 0) is 42.5 Å². The number of anilines is 1. The van der Waals surface area contributed by atoms with Crippen LogP contribution < -0.4 is 10.0 Å². The van der Waals surface area contributed by atoms with E-state index in [2.05, 4.69) is 10.00 Å². The van der Waals surface area contributed by atoms with E-state index in [0.29, 0.717) is 24.6 Å². The molecule has 1 saturated heterocycles. The summed E-state index contributed by atoms with van der Waals surface area (Å²) in [5.41, 5.74) is 2.74. The monoisotopic (exact) mass is 366 g/mol. The molecule has 0 atom stereocenters. The Balaban J connectivity index is 1.66. The lowest BCUT2D eigenvalue weighted by Gasteiger charge is -2.28. The Bertz CT molecular complexity index is 946. The normalized spacial score (nSPS) is 14.3. The van der Waals surface area contributed by atoms with Gasteiger partial charge in [0.15, 0.2) is 0 Å². The van der Waals surface area contributed by atoms with Crippen molar-refractivity contribution in [1.29, 1.82) is 0 Å². The van der Waals surface area contributed by atoms with Gasteiger partial charge in [0.1, 0.15) is 5.82 Å². The van der Waals surface area contributed by atoms with Gasteiger partial charge in [-0.15, -0.1) is 0 Å². The van der Waals surface area contributed by atoms with Crippen LogP contribution in [-0.2, 0) is 4.74 Å². The molecule has 7 heteroatoms. The Labute approximate surface area is 155 Å². The van der Waals surface area contributed by atoms with Crippen LogP contribution in [0.4, 0.5) is 10.1 Å². The summed E-state index contributed by atoms with van der Waals surface area (Å²) in [5.74, 6) is -1.75. The number of ether oxygens (including phenoxy) is 1. The number of aromatic nitrogens is 2. The first kappa shape index (κ1) is 17.2. The zero-order valence-corrected chi connectivity index (χ0v) is 14.5. The molecule has 1 aromatic heterocycles. The molecular formula is C20H17FN3O3-. The molecule has 0 aliphatic carbocycles. The molecule has 1 fully saturated rings. The molecule has 0 spiro atoms. The van der Waals surface area contributed by atoms with Crippen molar-refractivity contribution in [2.75, 3.05) is 31.2 Å². The van der Waals surface area contributed by atoms with Crippen LogP contribution in [0.15, 0.2) is 54.6 Å². The number of carboxylic acid groups (broad SMARTS) is 1. The molecule has 2 heterocycles. The quantitative estimate of drug-likeness (QED) is 0.705. The average Bonchev–Trinajstić information content (AvgIpc) is 3.15. The van der Waals surface area contributed by atoms with Crippen LogP contribution >= 0.6 is 0 Å². The first-order chi connectivity index (χ1) is 13.1. The third-order valence-corrected chi connectivity index (χ3v) is 4.53. The summed E-state index contributed by atoms with van der Waals surface area (Å²) in [6.07, 6.45) is 0. The zero-order valence-electron chi connectivity index (χ0n) is 14.5. The van der Waals surface area contributed by atoms with Gasteiger partial charge in [-0.2, -0.15) is 5.10 Å². The number of carbonyl (C=O) groups is 1. The molecule has 0 amide bonds. The van der Waals surface area contributed by atoms with E-state index in [1.54, 1.807) is 0 Å². The Morgan fingerprint density at radius 2 is 1.63 bits per heavy atom. The molecule has 0 bridgehead atoms. The van der Waals surface area contributed by atoms with Crippen molar-refractivity contribution in [1.82, 2.24) is 9.78 Å². The summed E-state index contributed by atoms with van der Waals surface area (Å²) in [6.45, 7) is 3.10. The molecule has 3 aromatic rings. The lowest BCUT2D eigenvalue weighted by molar-refractivity contribution is -0.255. The van der Waals surface area contributed by atoms with Crippen LogP contribution in [0, 0.1) is 5.82 Å². The molecular weight excluding hydrogens is 349 g/mol. The number of carbonyl (C=O) groups excluding carboxylic acids is 1.